The third-order valence-corrected chi connectivity index (χ3v) is 8.25. The van der Waals surface area contributed by atoms with E-state index < -0.39 is 21.9 Å². The second-order valence-corrected chi connectivity index (χ2v) is 12.4. The Kier molecular flexibility index (Phi) is 11.7. The maximum Gasteiger partial charge on any atom is 0.243 e. The van der Waals surface area contributed by atoms with E-state index in [1.165, 1.54) is 21.3 Å². The summed E-state index contributed by atoms with van der Waals surface area (Å²) in [5, 5.41) is 3.49. The van der Waals surface area contributed by atoms with Crippen molar-refractivity contribution < 1.29 is 22.4 Å². The molecule has 0 radical (unpaired) electrons. The van der Waals surface area contributed by atoms with Crippen LogP contribution in [0.4, 0.5) is 10.1 Å². The number of anilines is 1. The van der Waals surface area contributed by atoms with Crippen LogP contribution in [0.3, 0.4) is 0 Å². The number of nitrogens with one attached hydrogen (secondary N) is 1. The quantitative estimate of drug-likeness (QED) is 0.261. The maximum atomic E-state index is 13.8. The molecule has 0 aliphatic carbocycles. The topological polar surface area (TPSA) is 86.8 Å². The highest BCUT2D eigenvalue weighted by Crippen LogP contribution is 2.22. The number of carbonyl (C=O) groups excluding carboxylic acids is 2. The smallest absolute Gasteiger partial charge is 0.243 e. The Hall–Kier alpha value is -3.43. The normalized spacial score (nSPS) is 12.8. The zero-order valence-electron chi connectivity index (χ0n) is 23.6. The first-order valence-corrected chi connectivity index (χ1v) is 15.8. The predicted molar refractivity (Wildman–Crippen MR) is 162 cm³/mol. The van der Waals surface area contributed by atoms with Gasteiger partial charge in [0, 0.05) is 37.0 Å². The van der Waals surface area contributed by atoms with Crippen molar-refractivity contribution in [2.45, 2.75) is 58.2 Å². The zero-order valence-corrected chi connectivity index (χ0v) is 25.2. The van der Waals surface area contributed by atoms with Crippen LogP contribution in [0, 0.1) is 5.82 Å². The van der Waals surface area contributed by atoms with Crippen LogP contribution in [0.5, 0.6) is 0 Å². The molecule has 0 fully saturated rings. The van der Waals surface area contributed by atoms with Crippen molar-refractivity contribution in [2.24, 2.45) is 0 Å². The molecule has 3 aromatic rings. The van der Waals surface area contributed by atoms with Crippen LogP contribution in [0.15, 0.2) is 78.9 Å². The number of amides is 2. The van der Waals surface area contributed by atoms with Crippen molar-refractivity contribution in [2.75, 3.05) is 17.1 Å². The molecule has 2 atom stereocenters. The molecule has 0 aliphatic heterocycles. The van der Waals surface area contributed by atoms with Crippen LogP contribution in [-0.4, -0.2) is 50.0 Å². The molecule has 0 aromatic heterocycles. The fourth-order valence-corrected chi connectivity index (χ4v) is 5.48. The van der Waals surface area contributed by atoms with Gasteiger partial charge in [-0.15, -0.1) is 0 Å². The van der Waals surface area contributed by atoms with Gasteiger partial charge in [-0.3, -0.25) is 13.9 Å². The van der Waals surface area contributed by atoms with E-state index in [9.17, 15) is 22.4 Å². The van der Waals surface area contributed by atoms with Gasteiger partial charge >= 0.3 is 0 Å². The predicted octanol–water partition coefficient (Wildman–Crippen LogP) is 5.58. The van der Waals surface area contributed by atoms with Crippen molar-refractivity contribution in [3.05, 3.63) is 101 Å². The van der Waals surface area contributed by atoms with E-state index in [2.05, 4.69) is 5.32 Å². The molecule has 0 saturated heterocycles. The Morgan fingerprint density at radius 2 is 1.59 bits per heavy atom. The van der Waals surface area contributed by atoms with E-state index in [0.29, 0.717) is 16.3 Å². The van der Waals surface area contributed by atoms with E-state index in [4.69, 9.17) is 11.6 Å². The summed E-state index contributed by atoms with van der Waals surface area (Å²) in [7, 11) is -3.62. The molecule has 0 spiro atoms. The third kappa shape index (κ3) is 9.86. The molecule has 3 rings (SSSR count). The maximum absolute atomic E-state index is 13.8. The van der Waals surface area contributed by atoms with E-state index >= 15 is 0 Å². The highest BCUT2D eigenvalue weighted by Gasteiger charge is 2.31. The summed E-state index contributed by atoms with van der Waals surface area (Å²) in [4.78, 5) is 28.9. The van der Waals surface area contributed by atoms with Gasteiger partial charge in [0.2, 0.25) is 21.8 Å². The third-order valence-electron chi connectivity index (χ3n) is 6.81. The number of sulfonamides is 1. The Balaban J connectivity index is 1.88. The highest BCUT2D eigenvalue weighted by molar-refractivity contribution is 7.92. The first-order chi connectivity index (χ1) is 19.5. The molecule has 0 aliphatic rings. The summed E-state index contributed by atoms with van der Waals surface area (Å²) < 4.78 is 40.0. The highest BCUT2D eigenvalue weighted by atomic mass is 35.5. The monoisotopic (exact) mass is 601 g/mol. The molecule has 0 heterocycles. The average molecular weight is 602 g/mol. The van der Waals surface area contributed by atoms with Gasteiger partial charge in [-0.2, -0.15) is 0 Å². The minimum atomic E-state index is -3.62. The van der Waals surface area contributed by atoms with Gasteiger partial charge in [0.15, 0.2) is 0 Å². The summed E-state index contributed by atoms with van der Waals surface area (Å²) in [5.41, 5.74) is 2.01. The Morgan fingerprint density at radius 3 is 2.17 bits per heavy atom. The molecule has 0 saturated carbocycles. The molecule has 7 nitrogen and oxygen atoms in total. The van der Waals surface area contributed by atoms with Crippen LogP contribution in [-0.2, 0) is 32.6 Å². The summed E-state index contributed by atoms with van der Waals surface area (Å²) in [6.07, 6.45) is 2.35. The molecular weight excluding hydrogens is 565 g/mol. The van der Waals surface area contributed by atoms with Crippen molar-refractivity contribution in [1.82, 2.24) is 10.2 Å². The Bertz CT molecular complexity index is 1390. The number of carbonyl (C=O) groups is 2. The lowest BCUT2D eigenvalue weighted by Gasteiger charge is -2.32. The first kappa shape index (κ1) is 32.1. The van der Waals surface area contributed by atoms with Crippen molar-refractivity contribution in [1.29, 1.82) is 0 Å². The molecular formula is C31H37ClFN3O4S. The standard InChI is InChI=1S/C31H37ClFN3O4S/c1-4-23(2)34-31(38)29(21-24-9-6-5-7-10-24)35(22-25-12-16-27(33)17-13-25)30(37)11-8-20-36(41(3,39)40)28-18-14-26(32)15-19-28/h5-7,9-10,12-19,23,29H,4,8,11,20-22H2,1-3H3,(H,34,38)/t23-,29+/m0/s1. The summed E-state index contributed by atoms with van der Waals surface area (Å²) in [6, 6.07) is 20.8. The van der Waals surface area contributed by atoms with Gasteiger partial charge in [-0.25, -0.2) is 12.8 Å². The van der Waals surface area contributed by atoms with Crippen LogP contribution in [0.2, 0.25) is 5.02 Å². The first-order valence-electron chi connectivity index (χ1n) is 13.6. The molecule has 2 amide bonds. The van der Waals surface area contributed by atoms with E-state index in [0.717, 1.165) is 18.2 Å². The van der Waals surface area contributed by atoms with Gasteiger partial charge in [-0.1, -0.05) is 61.0 Å². The molecule has 1 N–H and O–H groups in total. The van der Waals surface area contributed by atoms with E-state index in [1.807, 2.05) is 44.2 Å². The summed E-state index contributed by atoms with van der Waals surface area (Å²) >= 11 is 5.97. The minimum absolute atomic E-state index is 0.00268. The van der Waals surface area contributed by atoms with Crippen molar-refractivity contribution in [3.63, 3.8) is 0 Å². The van der Waals surface area contributed by atoms with Gasteiger partial charge < -0.3 is 10.2 Å². The molecule has 3 aromatic carbocycles. The zero-order chi connectivity index (χ0) is 30.0. The number of benzene rings is 3. The van der Waals surface area contributed by atoms with Gasteiger partial charge in [0.05, 0.1) is 11.9 Å². The molecule has 10 heteroatoms. The lowest BCUT2D eigenvalue weighted by molar-refractivity contribution is -0.141. The lowest BCUT2D eigenvalue weighted by atomic mass is 10.0. The van der Waals surface area contributed by atoms with Crippen LogP contribution < -0.4 is 9.62 Å². The van der Waals surface area contributed by atoms with Crippen LogP contribution in [0.25, 0.3) is 0 Å². The minimum Gasteiger partial charge on any atom is -0.352 e. The number of hydrogen-bond acceptors (Lipinski definition) is 4. The molecule has 220 valence electrons. The van der Waals surface area contributed by atoms with E-state index in [1.54, 1.807) is 36.4 Å². The lowest BCUT2D eigenvalue weighted by Crippen LogP contribution is -2.52. The number of hydrogen-bond donors (Lipinski definition) is 1. The Morgan fingerprint density at radius 1 is 0.951 bits per heavy atom. The van der Waals surface area contributed by atoms with Crippen molar-refractivity contribution in [3.8, 4) is 0 Å². The van der Waals surface area contributed by atoms with Gasteiger partial charge in [0.25, 0.3) is 0 Å². The van der Waals surface area contributed by atoms with Gasteiger partial charge in [-0.05, 0) is 67.3 Å². The summed E-state index contributed by atoms with van der Waals surface area (Å²) in [5.74, 6) is -0.984. The summed E-state index contributed by atoms with van der Waals surface area (Å²) in [6.45, 7) is 4.03. The van der Waals surface area contributed by atoms with Gasteiger partial charge in [0.1, 0.15) is 11.9 Å². The Labute approximate surface area is 247 Å². The average Bonchev–Trinajstić information content (AvgIpc) is 2.94. The number of rotatable bonds is 14. The second-order valence-electron chi connectivity index (χ2n) is 10.1. The fraction of sp³-hybridized carbons (Fsp3) is 0.355. The van der Waals surface area contributed by atoms with E-state index in [-0.39, 0.29) is 50.2 Å². The molecule has 0 bridgehead atoms. The number of halogens is 2. The fourth-order valence-electron chi connectivity index (χ4n) is 4.39. The van der Waals surface area contributed by atoms with Crippen LogP contribution >= 0.6 is 11.6 Å². The molecule has 41 heavy (non-hydrogen) atoms. The largest absolute Gasteiger partial charge is 0.352 e. The SMILES string of the molecule is CC[C@H](C)NC(=O)[C@@H](Cc1ccccc1)N(Cc1ccc(F)cc1)C(=O)CCCN(c1ccc(Cl)cc1)S(C)(=O)=O. The van der Waals surface area contributed by atoms with Crippen molar-refractivity contribution >= 4 is 39.1 Å². The van der Waals surface area contributed by atoms with Crippen LogP contribution in [0.1, 0.15) is 44.2 Å². The molecule has 0 unspecified atom stereocenters. The number of nitrogens with zero attached hydrogens (tertiary/aromatic N) is 2. The second kappa shape index (κ2) is 15.0.